The van der Waals surface area contributed by atoms with Crippen LogP contribution >= 0.6 is 35.0 Å². The van der Waals surface area contributed by atoms with E-state index in [2.05, 4.69) is 0 Å². The smallest absolute Gasteiger partial charge is 0.268 e. The van der Waals surface area contributed by atoms with Crippen molar-refractivity contribution < 1.29 is 9.59 Å². The Kier molecular flexibility index (Phi) is 5.81. The summed E-state index contributed by atoms with van der Waals surface area (Å²) in [5.74, 6) is -0.388. The topological polar surface area (TPSA) is 37.4 Å². The summed E-state index contributed by atoms with van der Waals surface area (Å²) in [5, 5.41) is 1.10. The Balaban J connectivity index is 2.05. The number of rotatable bonds is 4. The van der Waals surface area contributed by atoms with Gasteiger partial charge in [0.2, 0.25) is 0 Å². The lowest BCUT2D eigenvalue weighted by molar-refractivity contribution is -0.139. The van der Waals surface area contributed by atoms with Crippen LogP contribution in [0.1, 0.15) is 51.5 Å². The highest BCUT2D eigenvalue weighted by atomic mass is 35.5. The molecule has 134 valence electrons. The molecule has 1 saturated carbocycles. The van der Waals surface area contributed by atoms with Crippen LogP contribution in [0.4, 0.5) is 0 Å². The van der Waals surface area contributed by atoms with E-state index in [4.69, 9.17) is 23.2 Å². The largest absolute Gasteiger partial charge is 0.271 e. The summed E-state index contributed by atoms with van der Waals surface area (Å²) >= 11 is 13.8. The van der Waals surface area contributed by atoms with Crippen LogP contribution < -0.4 is 0 Å². The van der Waals surface area contributed by atoms with Gasteiger partial charge in [-0.05, 0) is 25.0 Å². The molecule has 1 aliphatic heterocycles. The highest BCUT2D eigenvalue weighted by molar-refractivity contribution is 8.04. The maximum absolute atomic E-state index is 13.2. The van der Waals surface area contributed by atoms with Crippen LogP contribution in [0.2, 0.25) is 10.0 Å². The summed E-state index contributed by atoms with van der Waals surface area (Å²) in [4.78, 5) is 28.2. The Morgan fingerprint density at radius 3 is 2.36 bits per heavy atom. The minimum atomic E-state index is -0.218. The molecule has 6 heteroatoms. The van der Waals surface area contributed by atoms with E-state index in [-0.39, 0.29) is 23.1 Å². The first-order chi connectivity index (χ1) is 11.9. The molecule has 1 heterocycles. The average Bonchev–Trinajstić information content (AvgIpc) is 2.79. The third kappa shape index (κ3) is 3.76. The fourth-order valence-electron chi connectivity index (χ4n) is 3.47. The third-order valence-corrected chi connectivity index (χ3v) is 6.20. The van der Waals surface area contributed by atoms with Crippen LogP contribution in [0.3, 0.4) is 0 Å². The van der Waals surface area contributed by atoms with Crippen LogP contribution in [0.25, 0.3) is 5.57 Å². The number of benzene rings is 1. The predicted octanol–water partition coefficient (Wildman–Crippen LogP) is 5.55. The zero-order valence-electron chi connectivity index (χ0n) is 14.4. The van der Waals surface area contributed by atoms with Gasteiger partial charge in [0.25, 0.3) is 11.8 Å². The summed E-state index contributed by atoms with van der Waals surface area (Å²) < 4.78 is 0. The molecule has 3 rings (SSSR count). The maximum atomic E-state index is 13.2. The third-order valence-electron chi connectivity index (χ3n) is 4.57. The van der Waals surface area contributed by atoms with Gasteiger partial charge < -0.3 is 0 Å². The van der Waals surface area contributed by atoms with Crippen LogP contribution in [0.5, 0.6) is 0 Å². The molecule has 1 aromatic rings. The molecular formula is C19H21Cl2NO2S. The average molecular weight is 398 g/mol. The van der Waals surface area contributed by atoms with E-state index in [9.17, 15) is 9.59 Å². The molecule has 1 aliphatic carbocycles. The number of thioether (sulfide) groups is 1. The lowest BCUT2D eigenvalue weighted by atomic mass is 9.94. The monoisotopic (exact) mass is 397 g/mol. The van der Waals surface area contributed by atoms with Crippen molar-refractivity contribution in [1.82, 2.24) is 4.90 Å². The van der Waals surface area contributed by atoms with Gasteiger partial charge in [-0.3, -0.25) is 14.5 Å². The summed E-state index contributed by atoms with van der Waals surface area (Å²) in [7, 11) is 0. The molecule has 3 nitrogen and oxygen atoms in total. The molecule has 1 fully saturated rings. The molecule has 0 bridgehead atoms. The van der Waals surface area contributed by atoms with Gasteiger partial charge in [0.1, 0.15) is 0 Å². The standard InChI is InChI=1S/C19H21Cl2NO2S/c1-11(2)25-17-16(14-9-8-12(20)10-15(14)21)18(23)22(19(17)24)13-6-4-3-5-7-13/h8-11,13H,3-7H2,1-2H3. The van der Waals surface area contributed by atoms with Gasteiger partial charge >= 0.3 is 0 Å². The minimum Gasteiger partial charge on any atom is -0.271 e. The Morgan fingerprint density at radius 1 is 1.08 bits per heavy atom. The van der Waals surface area contributed by atoms with Gasteiger partial charge in [-0.2, -0.15) is 0 Å². The number of halogens is 2. The second kappa shape index (κ2) is 7.73. The van der Waals surface area contributed by atoms with Gasteiger partial charge in [-0.15, -0.1) is 11.8 Å². The van der Waals surface area contributed by atoms with E-state index in [0.29, 0.717) is 26.1 Å². The number of imide groups is 1. The molecule has 0 unspecified atom stereocenters. The SMILES string of the molecule is CC(C)SC1=C(c2ccc(Cl)cc2Cl)C(=O)N(C2CCCCC2)C1=O. The summed E-state index contributed by atoms with van der Waals surface area (Å²) in [5.41, 5.74) is 1.02. The van der Waals surface area contributed by atoms with Crippen LogP contribution in [-0.4, -0.2) is 28.0 Å². The second-order valence-electron chi connectivity index (χ2n) is 6.77. The number of nitrogens with zero attached hydrogens (tertiary/aromatic N) is 1. The quantitative estimate of drug-likeness (QED) is 0.625. The molecule has 0 saturated heterocycles. The van der Waals surface area contributed by atoms with E-state index in [1.54, 1.807) is 18.2 Å². The van der Waals surface area contributed by atoms with Gasteiger partial charge in [-0.25, -0.2) is 0 Å². The Labute approximate surface area is 162 Å². The predicted molar refractivity (Wildman–Crippen MR) is 105 cm³/mol. The molecule has 2 amide bonds. The lowest BCUT2D eigenvalue weighted by Gasteiger charge is -2.30. The van der Waals surface area contributed by atoms with Gasteiger partial charge in [-0.1, -0.05) is 62.4 Å². The van der Waals surface area contributed by atoms with Crippen molar-refractivity contribution in [2.75, 3.05) is 0 Å². The summed E-state index contributed by atoms with van der Waals surface area (Å²) in [6.07, 6.45) is 5.07. The number of hydrogen-bond donors (Lipinski definition) is 0. The maximum Gasteiger partial charge on any atom is 0.268 e. The number of amides is 2. The highest BCUT2D eigenvalue weighted by Crippen LogP contribution is 2.42. The van der Waals surface area contributed by atoms with E-state index in [0.717, 1.165) is 25.7 Å². The molecule has 0 aromatic heterocycles. The Hall–Kier alpha value is -0.970. The molecular weight excluding hydrogens is 377 g/mol. The van der Waals surface area contributed by atoms with E-state index >= 15 is 0 Å². The molecule has 0 radical (unpaired) electrons. The first-order valence-corrected chi connectivity index (χ1v) is 10.3. The highest BCUT2D eigenvalue weighted by Gasteiger charge is 2.43. The van der Waals surface area contributed by atoms with Gasteiger partial charge in [0, 0.05) is 21.9 Å². The van der Waals surface area contributed by atoms with Crippen molar-refractivity contribution in [2.24, 2.45) is 0 Å². The number of hydrogen-bond acceptors (Lipinski definition) is 3. The fraction of sp³-hybridized carbons (Fsp3) is 0.474. The fourth-order valence-corrected chi connectivity index (χ4v) is 4.96. The van der Waals surface area contributed by atoms with Crippen molar-refractivity contribution in [3.05, 3.63) is 38.7 Å². The van der Waals surface area contributed by atoms with Crippen LogP contribution in [0, 0.1) is 0 Å². The molecule has 25 heavy (non-hydrogen) atoms. The Morgan fingerprint density at radius 2 is 1.76 bits per heavy atom. The van der Waals surface area contributed by atoms with Crippen molar-refractivity contribution in [3.63, 3.8) is 0 Å². The summed E-state index contributed by atoms with van der Waals surface area (Å²) in [6.45, 7) is 4.03. The molecule has 1 aromatic carbocycles. The van der Waals surface area contributed by atoms with Crippen molar-refractivity contribution >= 4 is 52.4 Å². The molecule has 0 spiro atoms. The molecule has 0 N–H and O–H groups in total. The van der Waals surface area contributed by atoms with Crippen LogP contribution in [0.15, 0.2) is 23.1 Å². The Bertz CT molecular complexity index is 739. The number of carbonyl (C=O) groups is 2. The van der Waals surface area contributed by atoms with Gasteiger partial charge in [0.15, 0.2) is 0 Å². The minimum absolute atomic E-state index is 0.0000814. The van der Waals surface area contributed by atoms with E-state index < -0.39 is 0 Å². The van der Waals surface area contributed by atoms with E-state index in [1.165, 1.54) is 23.1 Å². The lowest BCUT2D eigenvalue weighted by Crippen LogP contribution is -2.42. The molecule has 0 atom stereocenters. The summed E-state index contributed by atoms with van der Waals surface area (Å²) in [6, 6.07) is 5.05. The first kappa shape index (κ1) is 18.8. The van der Waals surface area contributed by atoms with Gasteiger partial charge in [0.05, 0.1) is 15.5 Å². The normalized spacial score (nSPS) is 19.5. The zero-order valence-corrected chi connectivity index (χ0v) is 16.7. The van der Waals surface area contributed by atoms with Crippen molar-refractivity contribution in [3.8, 4) is 0 Å². The zero-order chi connectivity index (χ0) is 18.1. The van der Waals surface area contributed by atoms with E-state index in [1.807, 2.05) is 13.8 Å². The molecule has 2 aliphatic rings. The van der Waals surface area contributed by atoms with Crippen molar-refractivity contribution in [2.45, 2.75) is 57.2 Å². The van der Waals surface area contributed by atoms with Crippen molar-refractivity contribution in [1.29, 1.82) is 0 Å². The van der Waals surface area contributed by atoms with Crippen LogP contribution in [-0.2, 0) is 9.59 Å². The first-order valence-electron chi connectivity index (χ1n) is 8.64. The number of carbonyl (C=O) groups excluding carboxylic acids is 2. The second-order valence-corrected chi connectivity index (χ2v) is 9.20.